The molecule has 0 bridgehead atoms. The lowest BCUT2D eigenvalue weighted by Gasteiger charge is -2.11. The monoisotopic (exact) mass is 390 g/mol. The smallest absolute Gasteiger partial charge is 0.406 e. The highest BCUT2D eigenvalue weighted by Crippen LogP contribution is 2.23. The molecule has 2 aromatic rings. The minimum absolute atomic E-state index is 0.0719. The van der Waals surface area contributed by atoms with E-state index in [2.05, 4.69) is 25.4 Å². The van der Waals surface area contributed by atoms with Gasteiger partial charge in [-0.15, -0.1) is 13.2 Å². The number of aliphatic imine (C=N–C) groups is 2. The summed E-state index contributed by atoms with van der Waals surface area (Å²) in [6, 6.07) is 12.3. The molecule has 1 unspecified atom stereocenters. The molecule has 0 saturated heterocycles. The summed E-state index contributed by atoms with van der Waals surface area (Å²) in [4.78, 5) is 20.1. The van der Waals surface area contributed by atoms with Crippen molar-refractivity contribution in [1.82, 2.24) is 5.32 Å². The van der Waals surface area contributed by atoms with Gasteiger partial charge in [0.15, 0.2) is 0 Å². The number of urea groups is 1. The van der Waals surface area contributed by atoms with Crippen LogP contribution in [0.4, 0.5) is 23.7 Å². The third kappa shape index (κ3) is 6.11. The Bertz CT molecular complexity index is 850. The number of ether oxygens (including phenoxy) is 1. The summed E-state index contributed by atoms with van der Waals surface area (Å²) in [5.41, 5.74) is 2.38. The SMILES string of the molecule is O=C(NCc1ccc(CC2C=NC=N2)cc1)Nc1ccc(OC(F)(F)F)cc1. The average Bonchev–Trinajstić information content (AvgIpc) is 3.15. The van der Waals surface area contributed by atoms with Gasteiger partial charge in [0.25, 0.3) is 0 Å². The highest BCUT2D eigenvalue weighted by Gasteiger charge is 2.30. The van der Waals surface area contributed by atoms with E-state index in [1.807, 2.05) is 24.3 Å². The van der Waals surface area contributed by atoms with Gasteiger partial charge in [-0.05, 0) is 41.8 Å². The third-order valence-corrected chi connectivity index (χ3v) is 3.85. The van der Waals surface area contributed by atoms with Crippen LogP contribution in [0.5, 0.6) is 5.75 Å². The van der Waals surface area contributed by atoms with Crippen LogP contribution in [0, 0.1) is 0 Å². The second-order valence-corrected chi connectivity index (χ2v) is 6.03. The van der Waals surface area contributed by atoms with Crippen molar-refractivity contribution in [2.24, 2.45) is 9.98 Å². The van der Waals surface area contributed by atoms with Crippen molar-refractivity contribution in [3.8, 4) is 5.75 Å². The Balaban J connectivity index is 1.45. The predicted octanol–water partition coefficient (Wildman–Crippen LogP) is 3.93. The maximum absolute atomic E-state index is 12.1. The van der Waals surface area contributed by atoms with E-state index >= 15 is 0 Å². The number of alkyl halides is 3. The van der Waals surface area contributed by atoms with Crippen LogP contribution in [0.2, 0.25) is 0 Å². The molecular formula is C19H17F3N4O2. The van der Waals surface area contributed by atoms with E-state index < -0.39 is 12.4 Å². The van der Waals surface area contributed by atoms with Crippen LogP contribution < -0.4 is 15.4 Å². The number of hydrogen-bond acceptors (Lipinski definition) is 4. The van der Waals surface area contributed by atoms with Gasteiger partial charge < -0.3 is 15.4 Å². The Morgan fingerprint density at radius 1 is 1.04 bits per heavy atom. The molecule has 28 heavy (non-hydrogen) atoms. The highest BCUT2D eigenvalue weighted by atomic mass is 19.4. The molecule has 146 valence electrons. The van der Waals surface area contributed by atoms with Crippen LogP contribution in [0.15, 0.2) is 58.5 Å². The largest absolute Gasteiger partial charge is 0.573 e. The van der Waals surface area contributed by atoms with Crippen molar-refractivity contribution < 1.29 is 22.7 Å². The minimum atomic E-state index is -4.75. The Kier molecular flexibility index (Phi) is 5.93. The van der Waals surface area contributed by atoms with E-state index in [0.717, 1.165) is 29.7 Å². The molecule has 0 fully saturated rings. The number of carbonyl (C=O) groups is 1. The van der Waals surface area contributed by atoms with Gasteiger partial charge in [0.2, 0.25) is 0 Å². The quantitative estimate of drug-likeness (QED) is 0.784. The predicted molar refractivity (Wildman–Crippen MR) is 99.9 cm³/mol. The molecule has 2 amide bonds. The second kappa shape index (κ2) is 8.55. The van der Waals surface area contributed by atoms with E-state index in [4.69, 9.17) is 0 Å². The molecule has 2 N–H and O–H groups in total. The van der Waals surface area contributed by atoms with Gasteiger partial charge in [0, 0.05) is 18.4 Å². The lowest BCUT2D eigenvalue weighted by atomic mass is 10.1. The number of nitrogens with one attached hydrogen (secondary N) is 2. The number of halogens is 3. The summed E-state index contributed by atoms with van der Waals surface area (Å²) < 4.78 is 40.2. The Morgan fingerprint density at radius 2 is 1.71 bits per heavy atom. The maximum Gasteiger partial charge on any atom is 0.573 e. The van der Waals surface area contributed by atoms with Crippen LogP contribution >= 0.6 is 0 Å². The van der Waals surface area contributed by atoms with Gasteiger partial charge in [-0.3, -0.25) is 4.99 Å². The van der Waals surface area contributed by atoms with E-state index in [1.165, 1.54) is 12.1 Å². The molecule has 1 atom stereocenters. The standard InChI is InChI=1S/C19H17F3N4O2/c20-19(21,22)28-17-7-5-15(6-8-17)26-18(27)24-10-14-3-1-13(2-4-14)9-16-11-23-12-25-16/h1-8,11-12,16H,9-10H2,(H2,24,26,27). The van der Waals surface area contributed by atoms with Crippen LogP contribution in [-0.2, 0) is 13.0 Å². The third-order valence-electron chi connectivity index (χ3n) is 3.85. The van der Waals surface area contributed by atoms with Gasteiger partial charge in [-0.1, -0.05) is 24.3 Å². The first-order valence-electron chi connectivity index (χ1n) is 8.41. The van der Waals surface area contributed by atoms with Crippen LogP contribution in [0.25, 0.3) is 0 Å². The Morgan fingerprint density at radius 3 is 2.32 bits per heavy atom. The lowest BCUT2D eigenvalue weighted by Crippen LogP contribution is -2.28. The molecule has 1 aliphatic heterocycles. The minimum Gasteiger partial charge on any atom is -0.406 e. The van der Waals surface area contributed by atoms with Gasteiger partial charge in [-0.2, -0.15) is 0 Å². The summed E-state index contributed by atoms with van der Waals surface area (Å²) in [6.07, 6.45) is -0.651. The van der Waals surface area contributed by atoms with Gasteiger partial charge in [0.1, 0.15) is 12.1 Å². The Labute approximate surface area is 159 Å². The molecule has 0 saturated carbocycles. The lowest BCUT2D eigenvalue weighted by molar-refractivity contribution is -0.274. The molecule has 1 aliphatic rings. The number of nitrogens with zero attached hydrogens (tertiary/aromatic N) is 2. The van der Waals surface area contributed by atoms with E-state index in [-0.39, 0.29) is 11.8 Å². The number of benzene rings is 2. The first-order valence-corrected chi connectivity index (χ1v) is 8.41. The molecule has 9 heteroatoms. The summed E-state index contributed by atoms with van der Waals surface area (Å²) in [6.45, 7) is 0.310. The fourth-order valence-corrected chi connectivity index (χ4v) is 2.54. The highest BCUT2D eigenvalue weighted by molar-refractivity contribution is 5.89. The van der Waals surface area contributed by atoms with Crippen molar-refractivity contribution in [3.05, 3.63) is 59.7 Å². The van der Waals surface area contributed by atoms with E-state index in [0.29, 0.717) is 12.2 Å². The summed E-state index contributed by atoms with van der Waals surface area (Å²) in [7, 11) is 0. The number of carbonyl (C=O) groups excluding carboxylic acids is 1. The zero-order valence-electron chi connectivity index (χ0n) is 14.6. The van der Waals surface area contributed by atoms with Crippen LogP contribution in [0.1, 0.15) is 11.1 Å². The van der Waals surface area contributed by atoms with Gasteiger partial charge in [0.05, 0.1) is 6.04 Å². The number of amides is 2. The molecule has 0 aromatic heterocycles. The van der Waals surface area contributed by atoms with Gasteiger partial charge in [-0.25, -0.2) is 9.79 Å². The zero-order valence-corrected chi connectivity index (χ0v) is 14.6. The van der Waals surface area contributed by atoms with Crippen LogP contribution in [-0.4, -0.2) is 31.0 Å². The maximum atomic E-state index is 12.1. The van der Waals surface area contributed by atoms with Crippen LogP contribution in [0.3, 0.4) is 0 Å². The first-order chi connectivity index (χ1) is 13.4. The summed E-state index contributed by atoms with van der Waals surface area (Å²) in [5, 5.41) is 5.23. The summed E-state index contributed by atoms with van der Waals surface area (Å²) in [5.74, 6) is -0.354. The first kappa shape index (κ1) is 19.4. The topological polar surface area (TPSA) is 75.1 Å². The molecule has 3 rings (SSSR count). The number of hydrogen-bond donors (Lipinski definition) is 2. The second-order valence-electron chi connectivity index (χ2n) is 6.03. The molecule has 0 radical (unpaired) electrons. The molecule has 1 heterocycles. The molecular weight excluding hydrogens is 373 g/mol. The van der Waals surface area contributed by atoms with Crippen molar-refractivity contribution >= 4 is 24.3 Å². The molecule has 2 aromatic carbocycles. The molecule has 0 spiro atoms. The fraction of sp³-hybridized carbons (Fsp3) is 0.211. The average molecular weight is 390 g/mol. The van der Waals surface area contributed by atoms with Crippen molar-refractivity contribution in [2.75, 3.05) is 5.32 Å². The fourth-order valence-electron chi connectivity index (χ4n) is 2.54. The normalized spacial score (nSPS) is 15.5. The number of anilines is 1. The van der Waals surface area contributed by atoms with Crippen molar-refractivity contribution in [3.63, 3.8) is 0 Å². The zero-order chi connectivity index (χ0) is 20.0. The Hall–Kier alpha value is -3.36. The van der Waals surface area contributed by atoms with E-state index in [1.54, 1.807) is 12.6 Å². The van der Waals surface area contributed by atoms with Crippen molar-refractivity contribution in [1.29, 1.82) is 0 Å². The van der Waals surface area contributed by atoms with Gasteiger partial charge >= 0.3 is 12.4 Å². The molecule has 0 aliphatic carbocycles. The number of rotatable bonds is 6. The van der Waals surface area contributed by atoms with E-state index in [9.17, 15) is 18.0 Å². The van der Waals surface area contributed by atoms with Crippen molar-refractivity contribution in [2.45, 2.75) is 25.4 Å². The summed E-state index contributed by atoms with van der Waals surface area (Å²) >= 11 is 0. The molecule has 6 nitrogen and oxygen atoms in total.